The molecule has 3 amide bonds. The van der Waals surface area contributed by atoms with Crippen LogP contribution in [0.15, 0.2) is 47.8 Å². The van der Waals surface area contributed by atoms with Gasteiger partial charge in [0, 0.05) is 30.7 Å². The highest BCUT2D eigenvalue weighted by atomic mass is 32.1. The summed E-state index contributed by atoms with van der Waals surface area (Å²) in [5, 5.41) is 7.40. The smallest absolute Gasteiger partial charge is 0.312 e. The molecule has 4 N–H and O–H groups in total. The lowest BCUT2D eigenvalue weighted by Crippen LogP contribution is -2.38. The lowest BCUT2D eigenvalue weighted by Gasteiger charge is -2.20. The van der Waals surface area contributed by atoms with Crippen LogP contribution in [0.5, 0.6) is 0 Å². The third-order valence-electron chi connectivity index (χ3n) is 3.56. The number of nitrogens with two attached hydrogens (primary N) is 1. The van der Waals surface area contributed by atoms with E-state index in [0.717, 1.165) is 10.6 Å². The molecule has 0 aliphatic heterocycles. The highest BCUT2D eigenvalue weighted by molar-refractivity contribution is 7.10. The first-order chi connectivity index (χ1) is 11.6. The van der Waals surface area contributed by atoms with Crippen molar-refractivity contribution in [3.63, 3.8) is 0 Å². The Morgan fingerprint density at radius 2 is 1.96 bits per heavy atom. The Hall–Kier alpha value is -2.54. The Balaban J connectivity index is 1.80. The Morgan fingerprint density at radius 1 is 1.21 bits per heavy atom. The molecule has 2 aromatic rings. The first kappa shape index (κ1) is 17.8. The normalized spacial score (nSPS) is 11.5. The van der Waals surface area contributed by atoms with E-state index in [-0.39, 0.29) is 12.3 Å². The zero-order valence-electron chi connectivity index (χ0n) is 13.6. The van der Waals surface area contributed by atoms with Crippen LogP contribution in [0.1, 0.15) is 17.3 Å². The molecule has 128 valence electrons. The van der Waals surface area contributed by atoms with Crippen LogP contribution in [0.3, 0.4) is 0 Å². The van der Waals surface area contributed by atoms with Gasteiger partial charge < -0.3 is 21.3 Å². The third-order valence-corrected chi connectivity index (χ3v) is 4.54. The molecule has 6 nitrogen and oxygen atoms in total. The van der Waals surface area contributed by atoms with Crippen molar-refractivity contribution in [2.45, 2.75) is 12.5 Å². The van der Waals surface area contributed by atoms with Gasteiger partial charge in [0.25, 0.3) is 0 Å². The molecule has 0 aliphatic rings. The largest absolute Gasteiger partial charge is 0.373 e. The number of rotatable bonds is 8. The molecule has 1 aromatic heterocycles. The van der Waals surface area contributed by atoms with Crippen molar-refractivity contribution in [1.82, 2.24) is 10.6 Å². The highest BCUT2D eigenvalue weighted by Crippen LogP contribution is 2.21. The number of thiophene rings is 1. The predicted molar refractivity (Wildman–Crippen MR) is 97.1 cm³/mol. The van der Waals surface area contributed by atoms with Crippen molar-refractivity contribution in [2.75, 3.05) is 25.0 Å². The number of carbonyl (C=O) groups excluding carboxylic acids is 2. The van der Waals surface area contributed by atoms with Crippen molar-refractivity contribution in [3.8, 4) is 0 Å². The van der Waals surface area contributed by atoms with Gasteiger partial charge in [0.2, 0.25) is 5.91 Å². The standard InChI is InChI=1S/C17H22N4O2S/c1-21(13-6-3-2-4-7-13)10-9-19-16(22)12-14(20-17(18)23)15-8-5-11-24-15/h2-8,11,14H,9-10,12H2,1H3,(H,19,22)(H3,18,20,23). The van der Waals surface area contributed by atoms with E-state index in [4.69, 9.17) is 5.73 Å². The Bertz CT molecular complexity index is 646. The lowest BCUT2D eigenvalue weighted by molar-refractivity contribution is -0.121. The molecule has 0 saturated carbocycles. The van der Waals surface area contributed by atoms with Crippen LogP contribution < -0.4 is 21.3 Å². The predicted octanol–water partition coefficient (Wildman–Crippen LogP) is 2.10. The SMILES string of the molecule is CN(CCNC(=O)CC(NC(N)=O)c1cccs1)c1ccccc1. The molecular formula is C17H22N4O2S. The number of nitrogens with one attached hydrogen (secondary N) is 2. The zero-order valence-corrected chi connectivity index (χ0v) is 14.4. The second-order valence-electron chi connectivity index (χ2n) is 5.39. The number of urea groups is 1. The van der Waals surface area contributed by atoms with Crippen LogP contribution in [0.25, 0.3) is 0 Å². The van der Waals surface area contributed by atoms with E-state index >= 15 is 0 Å². The molecule has 1 unspecified atom stereocenters. The number of amides is 3. The van der Waals surface area contributed by atoms with E-state index in [0.29, 0.717) is 13.1 Å². The van der Waals surface area contributed by atoms with Gasteiger partial charge in [-0.3, -0.25) is 4.79 Å². The summed E-state index contributed by atoms with van der Waals surface area (Å²) in [4.78, 5) is 26.2. The summed E-state index contributed by atoms with van der Waals surface area (Å²) in [6.45, 7) is 1.22. The second-order valence-corrected chi connectivity index (χ2v) is 6.37. The molecule has 1 aromatic carbocycles. The van der Waals surface area contributed by atoms with Gasteiger partial charge in [-0.05, 0) is 23.6 Å². The third kappa shape index (κ3) is 5.58. The fourth-order valence-electron chi connectivity index (χ4n) is 2.32. The summed E-state index contributed by atoms with van der Waals surface area (Å²) in [6, 6.07) is 12.7. The summed E-state index contributed by atoms with van der Waals surface area (Å²) < 4.78 is 0. The van der Waals surface area contributed by atoms with Crippen molar-refractivity contribution in [3.05, 3.63) is 52.7 Å². The van der Waals surface area contributed by atoms with Gasteiger partial charge in [0.1, 0.15) is 0 Å². The van der Waals surface area contributed by atoms with Crippen molar-refractivity contribution < 1.29 is 9.59 Å². The maximum absolute atomic E-state index is 12.1. The summed E-state index contributed by atoms with van der Waals surface area (Å²) >= 11 is 1.48. The van der Waals surface area contributed by atoms with Gasteiger partial charge in [-0.25, -0.2) is 4.79 Å². The van der Waals surface area contributed by atoms with E-state index in [1.807, 2.05) is 54.9 Å². The fourth-order valence-corrected chi connectivity index (χ4v) is 3.09. The topological polar surface area (TPSA) is 87.5 Å². The van der Waals surface area contributed by atoms with E-state index in [2.05, 4.69) is 15.5 Å². The Morgan fingerprint density at radius 3 is 2.58 bits per heavy atom. The number of primary amides is 1. The number of anilines is 1. The van der Waals surface area contributed by atoms with Gasteiger partial charge in [0.05, 0.1) is 12.5 Å². The van der Waals surface area contributed by atoms with Crippen molar-refractivity contribution in [1.29, 1.82) is 0 Å². The first-order valence-corrected chi connectivity index (χ1v) is 8.56. The molecule has 0 radical (unpaired) electrons. The summed E-state index contributed by atoms with van der Waals surface area (Å²) in [7, 11) is 1.98. The van der Waals surface area contributed by atoms with Crippen LogP contribution in [-0.2, 0) is 4.79 Å². The molecule has 0 saturated heterocycles. The monoisotopic (exact) mass is 346 g/mol. The van der Waals surface area contributed by atoms with Gasteiger partial charge >= 0.3 is 6.03 Å². The minimum Gasteiger partial charge on any atom is -0.373 e. The number of carbonyl (C=O) groups is 2. The molecule has 0 fully saturated rings. The quantitative estimate of drug-likeness (QED) is 0.684. The first-order valence-electron chi connectivity index (χ1n) is 7.68. The number of likely N-dealkylation sites (N-methyl/N-ethyl adjacent to an activating group) is 1. The molecule has 0 bridgehead atoms. The maximum Gasteiger partial charge on any atom is 0.312 e. The Labute approximate surface area is 145 Å². The van der Waals surface area contributed by atoms with Gasteiger partial charge in [-0.15, -0.1) is 11.3 Å². The van der Waals surface area contributed by atoms with Crippen LogP contribution in [0.2, 0.25) is 0 Å². The number of para-hydroxylation sites is 1. The molecule has 0 aliphatic carbocycles. The number of hydrogen-bond donors (Lipinski definition) is 3. The molecule has 2 rings (SSSR count). The minimum absolute atomic E-state index is 0.122. The van der Waals surface area contributed by atoms with E-state index in [1.54, 1.807) is 0 Å². The maximum atomic E-state index is 12.1. The molecule has 1 atom stereocenters. The van der Waals surface area contributed by atoms with E-state index < -0.39 is 12.1 Å². The van der Waals surface area contributed by atoms with Crippen molar-refractivity contribution >= 4 is 29.0 Å². The van der Waals surface area contributed by atoms with E-state index in [1.165, 1.54) is 11.3 Å². The molecule has 1 heterocycles. The molecule has 7 heteroatoms. The van der Waals surface area contributed by atoms with Crippen LogP contribution in [0.4, 0.5) is 10.5 Å². The van der Waals surface area contributed by atoms with Gasteiger partial charge in [-0.2, -0.15) is 0 Å². The Kier molecular flexibility index (Phi) is 6.62. The van der Waals surface area contributed by atoms with Crippen LogP contribution >= 0.6 is 11.3 Å². The van der Waals surface area contributed by atoms with Crippen LogP contribution in [0, 0.1) is 0 Å². The number of hydrogen-bond acceptors (Lipinski definition) is 4. The number of benzene rings is 1. The summed E-state index contributed by atoms with van der Waals surface area (Å²) in [6.07, 6.45) is 0.165. The van der Waals surface area contributed by atoms with Crippen molar-refractivity contribution in [2.24, 2.45) is 5.73 Å². The second kappa shape index (κ2) is 8.93. The highest BCUT2D eigenvalue weighted by Gasteiger charge is 2.18. The average Bonchev–Trinajstić information content (AvgIpc) is 3.09. The summed E-state index contributed by atoms with van der Waals surface area (Å²) in [5.74, 6) is -0.122. The van der Waals surface area contributed by atoms with E-state index in [9.17, 15) is 9.59 Å². The fraction of sp³-hybridized carbons (Fsp3) is 0.294. The zero-order chi connectivity index (χ0) is 17.4. The average molecular weight is 346 g/mol. The number of nitrogens with zero attached hydrogens (tertiary/aromatic N) is 1. The van der Waals surface area contributed by atoms with Crippen LogP contribution in [-0.4, -0.2) is 32.1 Å². The lowest BCUT2D eigenvalue weighted by atomic mass is 10.1. The molecule has 24 heavy (non-hydrogen) atoms. The minimum atomic E-state index is -0.634. The van der Waals surface area contributed by atoms with Gasteiger partial charge in [0.15, 0.2) is 0 Å². The molecule has 0 spiro atoms. The van der Waals surface area contributed by atoms with Gasteiger partial charge in [-0.1, -0.05) is 24.3 Å². The summed E-state index contributed by atoms with van der Waals surface area (Å²) in [5.41, 5.74) is 6.29. The molecular weight excluding hydrogens is 324 g/mol.